The van der Waals surface area contributed by atoms with E-state index in [1.165, 1.54) is 11.5 Å². The second-order valence-electron chi connectivity index (χ2n) is 2.92. The van der Waals surface area contributed by atoms with Gasteiger partial charge >= 0.3 is 0 Å². The molecule has 0 N–H and O–H groups in total. The third kappa shape index (κ3) is 2.85. The minimum absolute atomic E-state index is 0.133. The lowest BCUT2D eigenvalue weighted by Gasteiger charge is -1.98. The monoisotopic (exact) mass is 214 g/mol. The molecule has 0 saturated heterocycles. The summed E-state index contributed by atoms with van der Waals surface area (Å²) in [6, 6.07) is 0. The number of nitrogens with zero attached hydrogens (tertiary/aromatic N) is 2. The van der Waals surface area contributed by atoms with Crippen LogP contribution in [0.1, 0.15) is 35.1 Å². The zero-order chi connectivity index (χ0) is 10.4. The number of aryl methyl sites for hydroxylation is 1. The molecule has 1 heterocycles. The Bertz CT molecular complexity index is 299. The standard InChI is InChI=1S/C9H14N2O2S/c1-3-7-9(14-11-10-7)8(12)5-4-6-13-2/h3-6H2,1-2H3. The number of hydrogen-bond donors (Lipinski definition) is 0. The molecular weight excluding hydrogens is 200 g/mol. The van der Waals surface area contributed by atoms with Crippen molar-refractivity contribution in [1.82, 2.24) is 9.59 Å². The Labute approximate surface area is 87.5 Å². The van der Waals surface area contributed by atoms with Gasteiger partial charge in [0, 0.05) is 20.1 Å². The number of carbonyl (C=O) groups is 1. The molecule has 1 aromatic rings. The van der Waals surface area contributed by atoms with Crippen molar-refractivity contribution < 1.29 is 9.53 Å². The maximum Gasteiger partial charge on any atom is 0.176 e. The first-order chi connectivity index (χ1) is 6.79. The van der Waals surface area contributed by atoms with Gasteiger partial charge in [-0.05, 0) is 24.4 Å². The van der Waals surface area contributed by atoms with E-state index in [0.717, 1.165) is 18.5 Å². The van der Waals surface area contributed by atoms with Crippen LogP contribution in [0.15, 0.2) is 0 Å². The lowest BCUT2D eigenvalue weighted by molar-refractivity contribution is 0.0966. The van der Waals surface area contributed by atoms with Crippen molar-refractivity contribution in [2.24, 2.45) is 0 Å². The zero-order valence-corrected chi connectivity index (χ0v) is 9.26. The molecule has 0 saturated carbocycles. The average molecular weight is 214 g/mol. The first kappa shape index (κ1) is 11.3. The third-order valence-corrected chi connectivity index (χ3v) is 2.71. The van der Waals surface area contributed by atoms with Crippen LogP contribution < -0.4 is 0 Å². The van der Waals surface area contributed by atoms with Crippen LogP contribution >= 0.6 is 11.5 Å². The van der Waals surface area contributed by atoms with E-state index in [2.05, 4.69) is 9.59 Å². The smallest absolute Gasteiger partial charge is 0.176 e. The largest absolute Gasteiger partial charge is 0.385 e. The van der Waals surface area contributed by atoms with Crippen molar-refractivity contribution in [3.05, 3.63) is 10.6 Å². The maximum absolute atomic E-state index is 11.6. The van der Waals surface area contributed by atoms with E-state index < -0.39 is 0 Å². The summed E-state index contributed by atoms with van der Waals surface area (Å²) in [5.41, 5.74) is 0.817. The summed E-state index contributed by atoms with van der Waals surface area (Å²) in [4.78, 5) is 12.3. The van der Waals surface area contributed by atoms with Crippen LogP contribution in [0.4, 0.5) is 0 Å². The van der Waals surface area contributed by atoms with Crippen LogP contribution in [-0.2, 0) is 11.2 Å². The highest BCUT2D eigenvalue weighted by atomic mass is 32.1. The Kier molecular flexibility index (Phi) is 4.69. The van der Waals surface area contributed by atoms with E-state index in [4.69, 9.17) is 4.74 Å². The Morgan fingerprint density at radius 2 is 2.36 bits per heavy atom. The third-order valence-electron chi connectivity index (χ3n) is 1.90. The predicted octanol–water partition coefficient (Wildman–Crippen LogP) is 1.71. The fraction of sp³-hybridized carbons (Fsp3) is 0.667. The topological polar surface area (TPSA) is 52.1 Å². The van der Waals surface area contributed by atoms with Crippen LogP contribution in [0.2, 0.25) is 0 Å². The predicted molar refractivity (Wildman–Crippen MR) is 54.7 cm³/mol. The fourth-order valence-electron chi connectivity index (χ4n) is 1.14. The van der Waals surface area contributed by atoms with Gasteiger partial charge in [0.05, 0.1) is 5.69 Å². The minimum atomic E-state index is 0.133. The average Bonchev–Trinajstić information content (AvgIpc) is 2.65. The van der Waals surface area contributed by atoms with Crippen molar-refractivity contribution in [1.29, 1.82) is 0 Å². The number of ether oxygens (including phenoxy) is 1. The number of Topliss-reactive ketones (excluding diaryl/α,β-unsaturated/α-hetero) is 1. The zero-order valence-electron chi connectivity index (χ0n) is 8.45. The second-order valence-corrected chi connectivity index (χ2v) is 3.68. The van der Waals surface area contributed by atoms with Gasteiger partial charge in [-0.1, -0.05) is 11.4 Å². The highest BCUT2D eigenvalue weighted by molar-refractivity contribution is 7.08. The Morgan fingerprint density at radius 3 is 3.00 bits per heavy atom. The van der Waals surface area contributed by atoms with E-state index in [0.29, 0.717) is 17.9 Å². The lowest BCUT2D eigenvalue weighted by atomic mass is 10.1. The SMILES string of the molecule is CCc1nnsc1C(=O)CCCOC. The normalized spacial score (nSPS) is 10.4. The van der Waals surface area contributed by atoms with E-state index in [1.54, 1.807) is 7.11 Å². The summed E-state index contributed by atoms with van der Waals surface area (Å²) in [7, 11) is 1.64. The summed E-state index contributed by atoms with van der Waals surface area (Å²) in [6.07, 6.45) is 2.04. The summed E-state index contributed by atoms with van der Waals surface area (Å²) < 4.78 is 8.67. The molecule has 0 aliphatic carbocycles. The lowest BCUT2D eigenvalue weighted by Crippen LogP contribution is -2.02. The molecule has 0 radical (unpaired) electrons. The molecule has 1 rings (SSSR count). The minimum Gasteiger partial charge on any atom is -0.385 e. The van der Waals surface area contributed by atoms with Gasteiger partial charge in [0.15, 0.2) is 5.78 Å². The molecule has 0 aromatic carbocycles. The molecule has 0 unspecified atom stereocenters. The molecule has 14 heavy (non-hydrogen) atoms. The van der Waals surface area contributed by atoms with Crippen LogP contribution in [0.25, 0.3) is 0 Å². The van der Waals surface area contributed by atoms with Crippen molar-refractivity contribution in [2.75, 3.05) is 13.7 Å². The Hall–Kier alpha value is -0.810. The number of ketones is 1. The van der Waals surface area contributed by atoms with Crippen molar-refractivity contribution in [3.63, 3.8) is 0 Å². The van der Waals surface area contributed by atoms with Crippen molar-refractivity contribution >= 4 is 17.3 Å². The van der Waals surface area contributed by atoms with E-state index >= 15 is 0 Å². The van der Waals surface area contributed by atoms with Gasteiger partial charge in [-0.3, -0.25) is 4.79 Å². The number of aromatic nitrogens is 2. The molecule has 0 bridgehead atoms. The molecule has 5 heteroatoms. The summed E-state index contributed by atoms with van der Waals surface area (Å²) in [5.74, 6) is 0.133. The molecule has 4 nitrogen and oxygen atoms in total. The van der Waals surface area contributed by atoms with E-state index in [1.807, 2.05) is 6.92 Å². The highest BCUT2D eigenvalue weighted by Crippen LogP contribution is 2.14. The molecule has 0 spiro atoms. The van der Waals surface area contributed by atoms with E-state index in [-0.39, 0.29) is 5.78 Å². The summed E-state index contributed by atoms with van der Waals surface area (Å²) in [6.45, 7) is 2.60. The molecule has 0 amide bonds. The van der Waals surface area contributed by atoms with Crippen LogP contribution in [0.5, 0.6) is 0 Å². The molecule has 0 aliphatic heterocycles. The van der Waals surface area contributed by atoms with E-state index in [9.17, 15) is 4.79 Å². The van der Waals surface area contributed by atoms with Gasteiger partial charge in [0.25, 0.3) is 0 Å². The molecular formula is C9H14N2O2S. The van der Waals surface area contributed by atoms with Gasteiger partial charge in [0.1, 0.15) is 4.88 Å². The second kappa shape index (κ2) is 5.82. The van der Waals surface area contributed by atoms with Gasteiger partial charge in [-0.25, -0.2) is 0 Å². The first-order valence-corrected chi connectivity index (χ1v) is 5.40. The highest BCUT2D eigenvalue weighted by Gasteiger charge is 2.13. The van der Waals surface area contributed by atoms with Gasteiger partial charge < -0.3 is 4.74 Å². The molecule has 0 fully saturated rings. The van der Waals surface area contributed by atoms with Gasteiger partial charge in [-0.2, -0.15) is 0 Å². The van der Waals surface area contributed by atoms with Crippen molar-refractivity contribution in [2.45, 2.75) is 26.2 Å². The Morgan fingerprint density at radius 1 is 1.57 bits per heavy atom. The Balaban J connectivity index is 2.51. The number of carbonyl (C=O) groups excluding carboxylic acids is 1. The summed E-state index contributed by atoms with van der Waals surface area (Å²) in [5, 5.41) is 3.90. The number of hydrogen-bond acceptors (Lipinski definition) is 5. The van der Waals surface area contributed by atoms with Gasteiger partial charge in [0.2, 0.25) is 0 Å². The van der Waals surface area contributed by atoms with Crippen LogP contribution in [0, 0.1) is 0 Å². The van der Waals surface area contributed by atoms with Crippen LogP contribution in [-0.4, -0.2) is 29.1 Å². The van der Waals surface area contributed by atoms with Gasteiger partial charge in [-0.15, -0.1) is 5.10 Å². The number of rotatable bonds is 6. The molecule has 0 atom stereocenters. The fourth-order valence-corrected chi connectivity index (χ4v) is 1.86. The van der Waals surface area contributed by atoms with Crippen LogP contribution in [0.3, 0.4) is 0 Å². The quantitative estimate of drug-likeness (QED) is 0.534. The molecule has 78 valence electrons. The molecule has 1 aromatic heterocycles. The number of methoxy groups -OCH3 is 1. The molecule has 0 aliphatic rings. The maximum atomic E-state index is 11.6. The summed E-state index contributed by atoms with van der Waals surface area (Å²) >= 11 is 1.19. The first-order valence-electron chi connectivity index (χ1n) is 4.63. The van der Waals surface area contributed by atoms with Crippen molar-refractivity contribution in [3.8, 4) is 0 Å².